The van der Waals surface area contributed by atoms with Crippen LogP contribution in [0.3, 0.4) is 0 Å². The number of hydrogen-bond acceptors (Lipinski definition) is 4. The van der Waals surface area contributed by atoms with Crippen LogP contribution >= 0.6 is 11.3 Å². The molecule has 0 unspecified atom stereocenters. The largest absolute Gasteiger partial charge is 0.336 e. The van der Waals surface area contributed by atoms with Gasteiger partial charge in [0, 0.05) is 44.1 Å². The predicted octanol–water partition coefficient (Wildman–Crippen LogP) is 2.99. The van der Waals surface area contributed by atoms with Crippen molar-refractivity contribution in [1.82, 2.24) is 20.1 Å². The van der Waals surface area contributed by atoms with Crippen LogP contribution in [0, 0.1) is 0 Å². The highest BCUT2D eigenvalue weighted by Gasteiger charge is 2.22. The second kappa shape index (κ2) is 8.97. The van der Waals surface area contributed by atoms with Gasteiger partial charge in [-0.05, 0) is 25.3 Å². The van der Waals surface area contributed by atoms with Gasteiger partial charge >= 0.3 is 6.03 Å². The molecule has 1 aromatic heterocycles. The van der Waals surface area contributed by atoms with E-state index in [1.807, 2.05) is 16.5 Å². The Balaban J connectivity index is 1.37. The molecule has 2 aromatic rings. The Morgan fingerprint density at radius 1 is 1.24 bits per heavy atom. The van der Waals surface area contributed by atoms with Crippen LogP contribution in [0.25, 0.3) is 0 Å². The summed E-state index contributed by atoms with van der Waals surface area (Å²) in [4.78, 5) is 21.0. The summed E-state index contributed by atoms with van der Waals surface area (Å²) in [5.41, 5.74) is 4.31. The van der Waals surface area contributed by atoms with Crippen molar-refractivity contribution < 1.29 is 4.79 Å². The topological polar surface area (TPSA) is 48.5 Å². The molecule has 25 heavy (non-hydrogen) atoms. The summed E-state index contributed by atoms with van der Waals surface area (Å²) in [5.74, 6) is 0. The molecule has 1 atom stereocenters. The smallest absolute Gasteiger partial charge is 0.317 e. The summed E-state index contributed by atoms with van der Waals surface area (Å²) in [7, 11) is 0. The SMILES string of the molecule is C[C@@H](CCc1ccccc1)NC(=O)N1CCN(Cc2cscn2)CC1. The molecule has 5 nitrogen and oxygen atoms in total. The van der Waals surface area contributed by atoms with Gasteiger partial charge in [0.2, 0.25) is 0 Å². The van der Waals surface area contributed by atoms with Crippen LogP contribution in [0.5, 0.6) is 0 Å². The summed E-state index contributed by atoms with van der Waals surface area (Å²) in [6.45, 7) is 6.33. The average Bonchev–Trinajstić information content (AvgIpc) is 3.14. The molecular formula is C19H26N4OS. The Bertz CT molecular complexity index is 639. The quantitative estimate of drug-likeness (QED) is 0.864. The molecule has 1 aliphatic heterocycles. The normalized spacial score (nSPS) is 16.6. The molecule has 1 aliphatic rings. The zero-order chi connectivity index (χ0) is 17.5. The fourth-order valence-electron chi connectivity index (χ4n) is 3.06. The first kappa shape index (κ1) is 17.9. The van der Waals surface area contributed by atoms with E-state index in [1.165, 1.54) is 5.56 Å². The van der Waals surface area contributed by atoms with Crippen LogP contribution in [0.4, 0.5) is 4.79 Å². The number of carbonyl (C=O) groups excluding carboxylic acids is 1. The Morgan fingerprint density at radius 3 is 2.68 bits per heavy atom. The van der Waals surface area contributed by atoms with Gasteiger partial charge in [-0.25, -0.2) is 9.78 Å². The number of urea groups is 1. The van der Waals surface area contributed by atoms with Crippen molar-refractivity contribution >= 4 is 17.4 Å². The van der Waals surface area contributed by atoms with E-state index in [9.17, 15) is 4.79 Å². The Kier molecular flexibility index (Phi) is 6.42. The van der Waals surface area contributed by atoms with Crippen molar-refractivity contribution in [2.24, 2.45) is 0 Å². The third-order valence-electron chi connectivity index (χ3n) is 4.61. The lowest BCUT2D eigenvalue weighted by Crippen LogP contribution is -2.52. The number of nitrogens with zero attached hydrogens (tertiary/aromatic N) is 3. The van der Waals surface area contributed by atoms with E-state index in [-0.39, 0.29) is 12.1 Å². The number of amides is 2. The number of aromatic nitrogens is 1. The molecule has 2 heterocycles. The number of aryl methyl sites for hydroxylation is 1. The number of rotatable bonds is 6. The highest BCUT2D eigenvalue weighted by atomic mass is 32.1. The minimum atomic E-state index is 0.0638. The van der Waals surface area contributed by atoms with Crippen molar-refractivity contribution in [3.05, 3.63) is 52.5 Å². The van der Waals surface area contributed by atoms with E-state index in [0.29, 0.717) is 0 Å². The van der Waals surface area contributed by atoms with E-state index in [2.05, 4.69) is 51.8 Å². The summed E-state index contributed by atoms with van der Waals surface area (Å²) < 4.78 is 0. The van der Waals surface area contributed by atoms with Gasteiger partial charge in [0.25, 0.3) is 0 Å². The van der Waals surface area contributed by atoms with Gasteiger partial charge in [0.15, 0.2) is 0 Å². The molecule has 0 spiro atoms. The van der Waals surface area contributed by atoms with Gasteiger partial charge in [-0.1, -0.05) is 30.3 Å². The van der Waals surface area contributed by atoms with Crippen LogP contribution in [0.2, 0.25) is 0 Å². The highest BCUT2D eigenvalue weighted by Crippen LogP contribution is 2.10. The number of benzene rings is 1. The second-order valence-electron chi connectivity index (χ2n) is 6.62. The van der Waals surface area contributed by atoms with Crippen molar-refractivity contribution in [1.29, 1.82) is 0 Å². The minimum absolute atomic E-state index is 0.0638. The van der Waals surface area contributed by atoms with Gasteiger partial charge in [-0.15, -0.1) is 11.3 Å². The first-order chi connectivity index (χ1) is 12.2. The monoisotopic (exact) mass is 358 g/mol. The lowest BCUT2D eigenvalue weighted by atomic mass is 10.1. The van der Waals surface area contributed by atoms with Crippen LogP contribution < -0.4 is 5.32 Å². The van der Waals surface area contributed by atoms with E-state index in [4.69, 9.17) is 0 Å². The number of nitrogens with one attached hydrogen (secondary N) is 1. The molecule has 0 aliphatic carbocycles. The summed E-state index contributed by atoms with van der Waals surface area (Å²) in [6.07, 6.45) is 1.95. The van der Waals surface area contributed by atoms with Crippen molar-refractivity contribution in [3.63, 3.8) is 0 Å². The molecule has 0 radical (unpaired) electrons. The van der Waals surface area contributed by atoms with Crippen molar-refractivity contribution in [3.8, 4) is 0 Å². The van der Waals surface area contributed by atoms with Crippen molar-refractivity contribution in [2.45, 2.75) is 32.4 Å². The minimum Gasteiger partial charge on any atom is -0.336 e. The fourth-order valence-corrected chi connectivity index (χ4v) is 3.61. The number of thiazole rings is 1. The molecule has 1 fully saturated rings. The Morgan fingerprint density at radius 2 is 2.00 bits per heavy atom. The molecule has 0 saturated carbocycles. The first-order valence-corrected chi connectivity index (χ1v) is 9.84. The molecule has 1 aromatic carbocycles. The summed E-state index contributed by atoms with van der Waals surface area (Å²) >= 11 is 1.63. The van der Waals surface area contributed by atoms with Crippen LogP contribution in [-0.2, 0) is 13.0 Å². The van der Waals surface area contributed by atoms with Crippen LogP contribution in [0.1, 0.15) is 24.6 Å². The van der Waals surface area contributed by atoms with Gasteiger partial charge < -0.3 is 10.2 Å². The molecule has 6 heteroatoms. The maximum absolute atomic E-state index is 12.4. The lowest BCUT2D eigenvalue weighted by molar-refractivity contribution is 0.133. The Labute approximate surface area is 153 Å². The fraction of sp³-hybridized carbons (Fsp3) is 0.474. The molecule has 1 N–H and O–H groups in total. The number of piperazine rings is 1. The summed E-state index contributed by atoms with van der Waals surface area (Å²) in [5, 5.41) is 5.23. The third-order valence-corrected chi connectivity index (χ3v) is 5.24. The number of hydrogen-bond donors (Lipinski definition) is 1. The zero-order valence-electron chi connectivity index (χ0n) is 14.7. The third kappa shape index (κ3) is 5.54. The molecular weight excluding hydrogens is 332 g/mol. The van der Waals surface area contributed by atoms with Crippen LogP contribution in [-0.4, -0.2) is 53.0 Å². The van der Waals surface area contributed by atoms with E-state index in [0.717, 1.165) is 51.3 Å². The summed E-state index contributed by atoms with van der Waals surface area (Å²) in [6, 6.07) is 10.7. The number of carbonyl (C=O) groups is 1. The molecule has 0 bridgehead atoms. The van der Waals surface area contributed by atoms with E-state index in [1.54, 1.807) is 11.3 Å². The average molecular weight is 359 g/mol. The molecule has 3 rings (SSSR count). The van der Waals surface area contributed by atoms with Gasteiger partial charge in [-0.3, -0.25) is 4.90 Å². The lowest BCUT2D eigenvalue weighted by Gasteiger charge is -2.35. The molecule has 1 saturated heterocycles. The second-order valence-corrected chi connectivity index (χ2v) is 7.34. The van der Waals surface area contributed by atoms with Crippen molar-refractivity contribution in [2.75, 3.05) is 26.2 Å². The predicted molar refractivity (Wildman–Crippen MR) is 102 cm³/mol. The molecule has 2 amide bonds. The maximum Gasteiger partial charge on any atom is 0.317 e. The van der Waals surface area contributed by atoms with Gasteiger partial charge in [-0.2, -0.15) is 0 Å². The zero-order valence-corrected chi connectivity index (χ0v) is 15.5. The highest BCUT2D eigenvalue weighted by molar-refractivity contribution is 7.07. The first-order valence-electron chi connectivity index (χ1n) is 8.89. The Hall–Kier alpha value is -1.92. The maximum atomic E-state index is 12.4. The van der Waals surface area contributed by atoms with E-state index >= 15 is 0 Å². The van der Waals surface area contributed by atoms with Gasteiger partial charge in [0.1, 0.15) is 0 Å². The molecule has 134 valence electrons. The van der Waals surface area contributed by atoms with E-state index < -0.39 is 0 Å². The van der Waals surface area contributed by atoms with Crippen LogP contribution in [0.15, 0.2) is 41.2 Å². The van der Waals surface area contributed by atoms with Gasteiger partial charge in [0.05, 0.1) is 11.2 Å². The standard InChI is InChI=1S/C19H26N4OS/c1-16(7-8-17-5-3-2-4-6-17)21-19(24)23-11-9-22(10-12-23)13-18-14-25-15-20-18/h2-6,14-16H,7-13H2,1H3,(H,21,24)/t16-/m0/s1.